The van der Waals surface area contributed by atoms with E-state index in [-0.39, 0.29) is 49.6 Å². The normalized spacial score (nSPS) is 20.1. The van der Waals surface area contributed by atoms with Crippen molar-refractivity contribution in [2.45, 2.75) is 85.4 Å². The maximum atomic E-state index is 14.1. The number of thiazole rings is 1. The summed E-state index contributed by atoms with van der Waals surface area (Å²) in [6.07, 6.45) is -1.06. The molecule has 2 aliphatic heterocycles. The van der Waals surface area contributed by atoms with E-state index in [0.29, 0.717) is 39.5 Å². The highest BCUT2D eigenvalue weighted by Gasteiger charge is 2.44. The van der Waals surface area contributed by atoms with Gasteiger partial charge in [0.05, 0.1) is 48.0 Å². The first-order valence-electron chi connectivity index (χ1n) is 18.1. The maximum absolute atomic E-state index is 14.1. The quantitative estimate of drug-likeness (QED) is 0.164. The van der Waals surface area contributed by atoms with Crippen LogP contribution in [0.2, 0.25) is 0 Å². The van der Waals surface area contributed by atoms with Gasteiger partial charge in [0.2, 0.25) is 17.7 Å². The highest BCUT2D eigenvalue weighted by Crippen LogP contribution is 2.29. The Morgan fingerprint density at radius 1 is 1.02 bits per heavy atom. The van der Waals surface area contributed by atoms with Gasteiger partial charge < -0.3 is 34.9 Å². The minimum absolute atomic E-state index is 0.0280. The number of carbonyl (C=O) groups excluding carboxylic acids is 3. The molecule has 3 amide bonds. The van der Waals surface area contributed by atoms with E-state index in [1.807, 2.05) is 78.2 Å². The van der Waals surface area contributed by atoms with Gasteiger partial charge in [0.25, 0.3) is 0 Å². The van der Waals surface area contributed by atoms with Crippen LogP contribution in [0.4, 0.5) is 0 Å². The van der Waals surface area contributed by atoms with Crippen molar-refractivity contribution in [3.8, 4) is 10.4 Å². The molecule has 13 nitrogen and oxygen atoms in total. The molecule has 0 spiro atoms. The second kappa shape index (κ2) is 19.2. The number of nitrogens with zero attached hydrogens (tertiary/aromatic N) is 4. The monoisotopic (exact) mass is 730 g/mol. The number of piperazine rings is 1. The zero-order chi connectivity index (χ0) is 37.1. The molecule has 2 fully saturated rings. The molecule has 1 aromatic carbocycles. The zero-order valence-electron chi connectivity index (χ0n) is 31.4. The van der Waals surface area contributed by atoms with Gasteiger partial charge in [0.1, 0.15) is 12.1 Å². The lowest BCUT2D eigenvalue weighted by molar-refractivity contribution is -0.168. The number of aromatic nitrogens is 1. The summed E-state index contributed by atoms with van der Waals surface area (Å²) in [4.78, 5) is 52.3. The number of benzene rings is 1. The van der Waals surface area contributed by atoms with Gasteiger partial charge in [-0.05, 0) is 44.2 Å². The fourth-order valence-electron chi connectivity index (χ4n) is 6.49. The average Bonchev–Trinajstić information content (AvgIpc) is 3.71. The fourth-order valence-corrected chi connectivity index (χ4v) is 7.30. The molecule has 0 radical (unpaired) electrons. The molecule has 0 unspecified atom stereocenters. The number of likely N-dealkylation sites (tertiary alicyclic amines) is 1. The van der Waals surface area contributed by atoms with Crippen LogP contribution in [0, 0.1) is 12.3 Å². The summed E-state index contributed by atoms with van der Waals surface area (Å²) in [5, 5.41) is 16.6. The standard InChI is InChI=1S/C37H58N6O7S/c1-8-49-32(50-9-2)23-48-19-18-41-14-16-42(17-15-41)22-31(45)40-34(37(5,6)7)36(47)43-21-29(44)20-30(43)35(46)39-25(3)27-10-12-28(13-11-27)33-26(4)38-24-51-33/h10-13,24-25,29-30,32,34,44H,8-9,14-23H2,1-7H3,(H,39,46)(H,40,45)/t25-,29+,30-,34+/m0/s1. The van der Waals surface area contributed by atoms with Gasteiger partial charge in [-0.25, -0.2) is 4.98 Å². The first kappa shape index (κ1) is 40.8. The van der Waals surface area contributed by atoms with Crippen molar-refractivity contribution < 1.29 is 33.7 Å². The number of carbonyl (C=O) groups is 3. The molecule has 2 aliphatic rings. The minimum atomic E-state index is -0.874. The Kier molecular flexibility index (Phi) is 15.4. The molecule has 4 atom stereocenters. The van der Waals surface area contributed by atoms with Crippen LogP contribution in [0.25, 0.3) is 10.4 Å². The van der Waals surface area contributed by atoms with Gasteiger partial charge in [0.15, 0.2) is 6.29 Å². The number of β-amino-alcohol motifs (C(OH)–C–C–N with tert-alkyl or cyclic N) is 1. The van der Waals surface area contributed by atoms with Crippen molar-refractivity contribution in [2.24, 2.45) is 5.41 Å². The lowest BCUT2D eigenvalue weighted by Crippen LogP contribution is -2.59. The summed E-state index contributed by atoms with van der Waals surface area (Å²) in [6, 6.07) is 5.96. The Morgan fingerprint density at radius 3 is 2.25 bits per heavy atom. The van der Waals surface area contributed by atoms with E-state index in [1.165, 1.54) is 4.90 Å². The topological polar surface area (TPSA) is 146 Å². The number of aliphatic hydroxyl groups is 1. The van der Waals surface area contributed by atoms with Crippen molar-refractivity contribution in [1.29, 1.82) is 0 Å². The Hall–Kier alpha value is -2.98. The molecule has 3 N–H and O–H groups in total. The van der Waals surface area contributed by atoms with Gasteiger partial charge in [-0.15, -0.1) is 11.3 Å². The second-order valence-electron chi connectivity index (χ2n) is 14.4. The van der Waals surface area contributed by atoms with Crippen molar-refractivity contribution in [3.05, 3.63) is 41.0 Å². The molecule has 51 heavy (non-hydrogen) atoms. The smallest absolute Gasteiger partial charge is 0.246 e. The highest BCUT2D eigenvalue weighted by atomic mass is 32.1. The number of hydrogen-bond acceptors (Lipinski definition) is 11. The third kappa shape index (κ3) is 11.8. The predicted molar refractivity (Wildman–Crippen MR) is 197 cm³/mol. The van der Waals surface area contributed by atoms with Crippen LogP contribution in [-0.4, -0.2) is 139 Å². The Labute approximate surface area is 307 Å². The van der Waals surface area contributed by atoms with E-state index in [1.54, 1.807) is 11.3 Å². The fraction of sp³-hybridized carbons (Fsp3) is 0.676. The Bertz CT molecular complexity index is 1400. The van der Waals surface area contributed by atoms with Crippen LogP contribution >= 0.6 is 11.3 Å². The van der Waals surface area contributed by atoms with E-state index < -0.39 is 23.6 Å². The summed E-state index contributed by atoms with van der Waals surface area (Å²) >= 11 is 1.59. The molecule has 2 aromatic rings. The highest BCUT2D eigenvalue weighted by molar-refractivity contribution is 7.13. The number of aryl methyl sites for hydroxylation is 1. The molecule has 0 aliphatic carbocycles. The summed E-state index contributed by atoms with van der Waals surface area (Å²) in [5.41, 5.74) is 4.16. The number of hydrogen-bond donors (Lipinski definition) is 3. The summed E-state index contributed by atoms with van der Waals surface area (Å²) in [7, 11) is 0. The first-order valence-corrected chi connectivity index (χ1v) is 19.0. The maximum Gasteiger partial charge on any atom is 0.246 e. The molecule has 0 saturated carbocycles. The van der Waals surface area contributed by atoms with Gasteiger partial charge in [-0.2, -0.15) is 0 Å². The van der Waals surface area contributed by atoms with E-state index in [4.69, 9.17) is 14.2 Å². The lowest BCUT2D eigenvalue weighted by Gasteiger charge is -2.37. The largest absolute Gasteiger partial charge is 0.391 e. The predicted octanol–water partition coefficient (Wildman–Crippen LogP) is 2.82. The number of nitrogens with one attached hydrogen (secondary N) is 2. The van der Waals surface area contributed by atoms with E-state index in [9.17, 15) is 19.5 Å². The molecular formula is C37H58N6O7S. The number of ether oxygens (including phenoxy) is 3. The third-order valence-corrected chi connectivity index (χ3v) is 10.4. The molecule has 1 aromatic heterocycles. The third-order valence-electron chi connectivity index (χ3n) is 9.40. The van der Waals surface area contributed by atoms with Gasteiger partial charge >= 0.3 is 0 Å². The minimum Gasteiger partial charge on any atom is -0.391 e. The van der Waals surface area contributed by atoms with Crippen LogP contribution < -0.4 is 10.6 Å². The summed E-state index contributed by atoms with van der Waals surface area (Å²) in [6.45, 7) is 19.5. The summed E-state index contributed by atoms with van der Waals surface area (Å²) in [5.74, 6) is -0.949. The van der Waals surface area contributed by atoms with Crippen molar-refractivity contribution >= 4 is 29.1 Å². The van der Waals surface area contributed by atoms with Gasteiger partial charge in [-0.1, -0.05) is 45.0 Å². The number of amides is 3. The summed E-state index contributed by atoms with van der Waals surface area (Å²) < 4.78 is 16.8. The van der Waals surface area contributed by atoms with Crippen molar-refractivity contribution in [2.75, 3.05) is 72.2 Å². The van der Waals surface area contributed by atoms with Crippen molar-refractivity contribution in [1.82, 2.24) is 30.3 Å². The lowest BCUT2D eigenvalue weighted by atomic mass is 9.85. The van der Waals surface area contributed by atoms with Crippen LogP contribution in [0.1, 0.15) is 65.3 Å². The molecule has 3 heterocycles. The van der Waals surface area contributed by atoms with Crippen LogP contribution in [0.3, 0.4) is 0 Å². The van der Waals surface area contributed by atoms with Crippen LogP contribution in [-0.2, 0) is 28.6 Å². The molecule has 0 bridgehead atoms. The number of aliphatic hydroxyl groups excluding tert-OH is 1. The zero-order valence-corrected chi connectivity index (χ0v) is 32.2. The van der Waals surface area contributed by atoms with E-state index in [2.05, 4.69) is 25.4 Å². The number of rotatable bonds is 17. The molecule has 14 heteroatoms. The van der Waals surface area contributed by atoms with E-state index in [0.717, 1.165) is 41.3 Å². The van der Waals surface area contributed by atoms with Gasteiger partial charge in [0, 0.05) is 58.9 Å². The Balaban J connectivity index is 1.27. The average molecular weight is 731 g/mol. The second-order valence-corrected chi connectivity index (χ2v) is 15.3. The first-order chi connectivity index (χ1) is 24.3. The molecule has 2 saturated heterocycles. The van der Waals surface area contributed by atoms with Crippen molar-refractivity contribution in [3.63, 3.8) is 0 Å². The molecular weight excluding hydrogens is 673 g/mol. The van der Waals surface area contributed by atoms with Crippen LogP contribution in [0.15, 0.2) is 29.8 Å². The SMILES string of the molecule is CCOC(COCCN1CCN(CC(=O)N[C@H](C(=O)N2C[C@H](O)C[C@H]2C(=O)N[C@@H](C)c2ccc(-c3scnc3C)cc2)C(C)(C)C)CC1)OCC. The molecule has 4 rings (SSSR count). The van der Waals surface area contributed by atoms with Gasteiger partial charge in [-0.3, -0.25) is 24.2 Å². The van der Waals surface area contributed by atoms with Crippen LogP contribution in [0.5, 0.6) is 0 Å². The van der Waals surface area contributed by atoms with E-state index >= 15 is 0 Å². The Morgan fingerprint density at radius 2 is 1.67 bits per heavy atom. The molecule has 284 valence electrons.